The number of nitrogens with zero attached hydrogens (tertiary/aromatic N) is 1. The molecular formula is C11H15F2N. The number of anilines is 1. The minimum absolute atomic E-state index is 0.257. The van der Waals surface area contributed by atoms with Crippen LogP contribution in [-0.2, 0) is 0 Å². The minimum Gasteiger partial charge on any atom is -0.366 e. The number of benzene rings is 1. The van der Waals surface area contributed by atoms with Crippen molar-refractivity contribution >= 4 is 5.69 Å². The highest BCUT2D eigenvalue weighted by Gasteiger charge is 2.05. The Morgan fingerprint density at radius 1 is 1.14 bits per heavy atom. The maximum atomic E-state index is 12.2. The van der Waals surface area contributed by atoms with Crippen molar-refractivity contribution in [2.45, 2.75) is 6.92 Å². The van der Waals surface area contributed by atoms with Crippen molar-refractivity contribution in [2.75, 3.05) is 31.3 Å². The van der Waals surface area contributed by atoms with Gasteiger partial charge < -0.3 is 4.90 Å². The van der Waals surface area contributed by atoms with Crippen LogP contribution in [0.25, 0.3) is 0 Å². The molecule has 0 aromatic heterocycles. The fourth-order valence-corrected chi connectivity index (χ4v) is 1.40. The summed E-state index contributed by atoms with van der Waals surface area (Å²) in [4.78, 5) is 1.72. The van der Waals surface area contributed by atoms with E-state index in [0.717, 1.165) is 11.3 Å². The summed E-state index contributed by atoms with van der Waals surface area (Å²) in [5.74, 6) is 0. The number of hydrogen-bond acceptors (Lipinski definition) is 1. The first-order chi connectivity index (χ1) is 6.77. The van der Waals surface area contributed by atoms with Gasteiger partial charge in [0.15, 0.2) is 0 Å². The molecule has 14 heavy (non-hydrogen) atoms. The third kappa shape index (κ3) is 2.98. The number of halogens is 2. The molecule has 78 valence electrons. The van der Waals surface area contributed by atoms with Gasteiger partial charge in [0.2, 0.25) is 0 Å². The molecule has 0 amide bonds. The maximum Gasteiger partial charge on any atom is 0.107 e. The number of rotatable bonds is 5. The van der Waals surface area contributed by atoms with Crippen molar-refractivity contribution in [3.05, 3.63) is 29.8 Å². The summed E-state index contributed by atoms with van der Waals surface area (Å²) in [7, 11) is 0. The van der Waals surface area contributed by atoms with Gasteiger partial charge in [0.25, 0.3) is 0 Å². The van der Waals surface area contributed by atoms with Crippen molar-refractivity contribution < 1.29 is 8.78 Å². The van der Waals surface area contributed by atoms with Crippen LogP contribution < -0.4 is 4.90 Å². The van der Waals surface area contributed by atoms with E-state index in [1.807, 2.05) is 31.2 Å². The van der Waals surface area contributed by atoms with Gasteiger partial charge >= 0.3 is 0 Å². The van der Waals surface area contributed by atoms with Crippen molar-refractivity contribution in [2.24, 2.45) is 0 Å². The van der Waals surface area contributed by atoms with Crippen molar-refractivity contribution in [1.82, 2.24) is 0 Å². The largest absolute Gasteiger partial charge is 0.366 e. The lowest BCUT2D eigenvalue weighted by molar-refractivity contribution is 0.458. The Hall–Kier alpha value is -1.12. The smallest absolute Gasteiger partial charge is 0.107 e. The third-order valence-corrected chi connectivity index (χ3v) is 2.08. The van der Waals surface area contributed by atoms with Gasteiger partial charge in [0.05, 0.1) is 0 Å². The topological polar surface area (TPSA) is 3.24 Å². The van der Waals surface area contributed by atoms with Crippen LogP contribution in [0.3, 0.4) is 0 Å². The zero-order valence-electron chi connectivity index (χ0n) is 8.34. The Labute approximate surface area is 83.3 Å². The maximum absolute atomic E-state index is 12.2. The second kappa shape index (κ2) is 5.58. The molecule has 3 heteroatoms. The molecule has 0 saturated heterocycles. The van der Waals surface area contributed by atoms with E-state index < -0.39 is 13.3 Å². The number of aryl methyl sites for hydroxylation is 1. The van der Waals surface area contributed by atoms with E-state index in [9.17, 15) is 8.78 Å². The highest BCUT2D eigenvalue weighted by Crippen LogP contribution is 2.15. The molecule has 0 atom stereocenters. The van der Waals surface area contributed by atoms with Gasteiger partial charge in [-0.25, -0.2) is 8.78 Å². The predicted molar refractivity (Wildman–Crippen MR) is 55.3 cm³/mol. The number of hydrogen-bond donors (Lipinski definition) is 0. The lowest BCUT2D eigenvalue weighted by atomic mass is 10.2. The Balaban J connectivity index is 2.75. The third-order valence-electron chi connectivity index (χ3n) is 2.08. The molecule has 0 aliphatic heterocycles. The Bertz CT molecular complexity index is 270. The van der Waals surface area contributed by atoms with E-state index in [-0.39, 0.29) is 13.1 Å². The second-order valence-corrected chi connectivity index (χ2v) is 3.20. The average molecular weight is 199 g/mol. The fourth-order valence-electron chi connectivity index (χ4n) is 1.40. The normalized spacial score (nSPS) is 10.2. The zero-order valence-corrected chi connectivity index (χ0v) is 8.34. The van der Waals surface area contributed by atoms with Crippen LogP contribution in [0.1, 0.15) is 5.56 Å². The van der Waals surface area contributed by atoms with Crippen LogP contribution in [0, 0.1) is 6.92 Å². The Morgan fingerprint density at radius 2 is 1.79 bits per heavy atom. The van der Waals surface area contributed by atoms with Gasteiger partial charge in [-0.2, -0.15) is 0 Å². The van der Waals surface area contributed by atoms with E-state index in [1.165, 1.54) is 0 Å². The molecule has 0 radical (unpaired) electrons. The van der Waals surface area contributed by atoms with E-state index in [2.05, 4.69) is 0 Å². The molecule has 0 fully saturated rings. The molecule has 0 saturated carbocycles. The Morgan fingerprint density at radius 3 is 2.29 bits per heavy atom. The molecule has 1 rings (SSSR count). The van der Waals surface area contributed by atoms with Gasteiger partial charge in [-0.1, -0.05) is 12.1 Å². The summed E-state index contributed by atoms with van der Waals surface area (Å²) in [6.45, 7) is 1.58. The summed E-state index contributed by atoms with van der Waals surface area (Å²) < 4.78 is 24.4. The average Bonchev–Trinajstić information content (AvgIpc) is 2.17. The van der Waals surface area contributed by atoms with Gasteiger partial charge in [-0.15, -0.1) is 0 Å². The summed E-state index contributed by atoms with van der Waals surface area (Å²) >= 11 is 0. The zero-order chi connectivity index (χ0) is 10.4. The fraction of sp³-hybridized carbons (Fsp3) is 0.455. The molecule has 0 spiro atoms. The molecule has 0 heterocycles. The molecule has 0 aliphatic rings. The van der Waals surface area contributed by atoms with E-state index >= 15 is 0 Å². The van der Waals surface area contributed by atoms with Crippen LogP contribution in [-0.4, -0.2) is 26.4 Å². The molecular weight excluding hydrogens is 184 g/mol. The predicted octanol–water partition coefficient (Wildman–Crippen LogP) is 2.74. The van der Waals surface area contributed by atoms with Crippen LogP contribution in [0.4, 0.5) is 14.5 Å². The highest BCUT2D eigenvalue weighted by atomic mass is 19.1. The first-order valence-corrected chi connectivity index (χ1v) is 4.71. The molecule has 1 aromatic rings. The van der Waals surface area contributed by atoms with Crippen LogP contribution >= 0.6 is 0 Å². The summed E-state index contributed by atoms with van der Waals surface area (Å²) in [6, 6.07) is 7.67. The van der Waals surface area contributed by atoms with E-state index in [1.54, 1.807) is 4.90 Å². The first-order valence-electron chi connectivity index (χ1n) is 4.71. The second-order valence-electron chi connectivity index (χ2n) is 3.20. The first kappa shape index (κ1) is 11.0. The lowest BCUT2D eigenvalue weighted by Crippen LogP contribution is -2.27. The standard InChI is InChI=1S/C11H15F2N/c1-10-3-2-4-11(9-10)14(7-5-12)8-6-13/h2-4,9H,5-8H2,1H3. The molecule has 0 aliphatic carbocycles. The summed E-state index contributed by atoms with van der Waals surface area (Å²) in [5, 5.41) is 0. The van der Waals surface area contributed by atoms with Crippen molar-refractivity contribution in [1.29, 1.82) is 0 Å². The molecule has 1 aromatic carbocycles. The monoisotopic (exact) mass is 199 g/mol. The minimum atomic E-state index is -0.450. The molecule has 0 N–H and O–H groups in total. The Kier molecular flexibility index (Phi) is 4.36. The van der Waals surface area contributed by atoms with Crippen LogP contribution in [0.2, 0.25) is 0 Å². The lowest BCUT2D eigenvalue weighted by Gasteiger charge is -2.22. The quantitative estimate of drug-likeness (QED) is 0.704. The highest BCUT2D eigenvalue weighted by molar-refractivity contribution is 5.48. The van der Waals surface area contributed by atoms with Gasteiger partial charge in [0, 0.05) is 18.8 Å². The van der Waals surface area contributed by atoms with Crippen molar-refractivity contribution in [3.8, 4) is 0 Å². The molecule has 1 nitrogen and oxygen atoms in total. The van der Waals surface area contributed by atoms with Gasteiger partial charge in [0.1, 0.15) is 13.3 Å². The van der Waals surface area contributed by atoms with Crippen molar-refractivity contribution in [3.63, 3.8) is 0 Å². The molecule has 0 unspecified atom stereocenters. The van der Waals surface area contributed by atoms with Crippen LogP contribution in [0.15, 0.2) is 24.3 Å². The van der Waals surface area contributed by atoms with Crippen LogP contribution in [0.5, 0.6) is 0 Å². The van der Waals surface area contributed by atoms with Gasteiger partial charge in [-0.3, -0.25) is 0 Å². The summed E-state index contributed by atoms with van der Waals surface area (Å²) in [5.41, 5.74) is 1.99. The SMILES string of the molecule is Cc1cccc(N(CCF)CCF)c1. The van der Waals surface area contributed by atoms with E-state index in [0.29, 0.717) is 0 Å². The number of alkyl halides is 2. The molecule has 0 bridgehead atoms. The van der Waals surface area contributed by atoms with E-state index in [4.69, 9.17) is 0 Å². The summed E-state index contributed by atoms with van der Waals surface area (Å²) in [6.07, 6.45) is 0. The van der Waals surface area contributed by atoms with Gasteiger partial charge in [-0.05, 0) is 24.6 Å².